The molecule has 0 radical (unpaired) electrons. The molecule has 0 saturated carbocycles. The van der Waals surface area contributed by atoms with Crippen molar-refractivity contribution in [2.75, 3.05) is 4.72 Å². The molecule has 202 valence electrons. The quantitative estimate of drug-likeness (QED) is 0.214. The molecular weight excluding hydrogens is 629 g/mol. The van der Waals surface area contributed by atoms with Crippen molar-refractivity contribution >= 4 is 72.1 Å². The number of nitrogens with one attached hydrogen (secondary N) is 1. The zero-order valence-corrected chi connectivity index (χ0v) is 21.8. The van der Waals surface area contributed by atoms with Gasteiger partial charge in [-0.2, -0.15) is 13.2 Å². The standard InChI is InChI=1S/C21H9Cl3F6N2O4S2/c22-12-5-9(20(25,26)27)1-4-17(12)38(33,34)32-10-6-13(23)18(14(24)7-10)35-19-31-15-3-2-11(8-16(15)37-19)36-21(28,29)30/h1-8,32H. The van der Waals surface area contributed by atoms with Crippen LogP contribution in [0.2, 0.25) is 15.1 Å². The van der Waals surface area contributed by atoms with E-state index >= 15 is 0 Å². The van der Waals surface area contributed by atoms with Crippen LogP contribution in [0.25, 0.3) is 10.2 Å². The molecule has 0 aliphatic rings. The summed E-state index contributed by atoms with van der Waals surface area (Å²) in [4.78, 5) is 3.50. The third-order valence-corrected chi connectivity index (χ3v) is 7.88. The van der Waals surface area contributed by atoms with Gasteiger partial charge in [-0.15, -0.1) is 13.2 Å². The molecule has 1 aromatic heterocycles. The average molecular weight is 638 g/mol. The first kappa shape index (κ1) is 28.4. The van der Waals surface area contributed by atoms with Gasteiger partial charge in [0.05, 0.1) is 36.5 Å². The van der Waals surface area contributed by atoms with E-state index in [-0.39, 0.29) is 26.7 Å². The molecule has 0 amide bonds. The highest BCUT2D eigenvalue weighted by atomic mass is 35.5. The summed E-state index contributed by atoms with van der Waals surface area (Å²) in [5.41, 5.74) is -1.00. The Morgan fingerprint density at radius 2 is 1.53 bits per heavy atom. The third-order valence-electron chi connectivity index (χ3n) is 4.56. The monoisotopic (exact) mass is 636 g/mol. The molecule has 0 aliphatic carbocycles. The van der Waals surface area contributed by atoms with Gasteiger partial charge in [-0.05, 0) is 42.5 Å². The molecular formula is C21H9Cl3F6N2O4S2. The number of anilines is 1. The zero-order chi connectivity index (χ0) is 28.0. The highest BCUT2D eigenvalue weighted by Crippen LogP contribution is 2.42. The lowest BCUT2D eigenvalue weighted by Gasteiger charge is -2.14. The fourth-order valence-corrected chi connectivity index (χ4v) is 6.03. The summed E-state index contributed by atoms with van der Waals surface area (Å²) >= 11 is 19.0. The number of ether oxygens (including phenoxy) is 2. The van der Waals surface area contributed by atoms with Gasteiger partial charge < -0.3 is 9.47 Å². The summed E-state index contributed by atoms with van der Waals surface area (Å²) in [5, 5.41) is -1.08. The number of fused-ring (bicyclic) bond motifs is 1. The fraction of sp³-hybridized carbons (Fsp3) is 0.0952. The van der Waals surface area contributed by atoms with Crippen LogP contribution in [-0.4, -0.2) is 19.8 Å². The van der Waals surface area contributed by atoms with Crippen molar-refractivity contribution < 1.29 is 44.2 Å². The normalized spacial score (nSPS) is 12.6. The minimum Gasteiger partial charge on any atom is -0.428 e. The van der Waals surface area contributed by atoms with Crippen LogP contribution in [0.1, 0.15) is 5.56 Å². The lowest BCUT2D eigenvalue weighted by atomic mass is 10.2. The Morgan fingerprint density at radius 3 is 2.11 bits per heavy atom. The van der Waals surface area contributed by atoms with Crippen LogP contribution < -0.4 is 14.2 Å². The van der Waals surface area contributed by atoms with E-state index in [2.05, 4.69) is 14.4 Å². The maximum Gasteiger partial charge on any atom is 0.573 e. The summed E-state index contributed by atoms with van der Waals surface area (Å²) in [7, 11) is -4.46. The molecule has 38 heavy (non-hydrogen) atoms. The molecule has 0 spiro atoms. The van der Waals surface area contributed by atoms with Gasteiger partial charge in [-0.3, -0.25) is 4.72 Å². The number of benzene rings is 3. The van der Waals surface area contributed by atoms with E-state index in [1.807, 2.05) is 0 Å². The first-order valence-corrected chi connectivity index (χ1v) is 13.2. The molecule has 0 aliphatic heterocycles. The number of rotatable bonds is 6. The van der Waals surface area contributed by atoms with Gasteiger partial charge in [0.2, 0.25) is 0 Å². The van der Waals surface area contributed by atoms with Crippen molar-refractivity contribution in [1.29, 1.82) is 0 Å². The Kier molecular flexibility index (Phi) is 7.58. The highest BCUT2D eigenvalue weighted by molar-refractivity contribution is 7.92. The van der Waals surface area contributed by atoms with Crippen LogP contribution in [0.4, 0.5) is 32.0 Å². The second kappa shape index (κ2) is 10.2. The fourth-order valence-electron chi connectivity index (χ4n) is 3.03. The van der Waals surface area contributed by atoms with Crippen molar-refractivity contribution in [1.82, 2.24) is 4.98 Å². The van der Waals surface area contributed by atoms with Crippen molar-refractivity contribution in [3.05, 3.63) is 69.2 Å². The summed E-state index contributed by atoms with van der Waals surface area (Å²) in [6.45, 7) is 0. The van der Waals surface area contributed by atoms with Crippen LogP contribution in [0.15, 0.2) is 53.4 Å². The van der Waals surface area contributed by atoms with Gasteiger partial charge in [0, 0.05) is 6.07 Å². The second-order valence-electron chi connectivity index (χ2n) is 7.28. The third kappa shape index (κ3) is 6.49. The predicted molar refractivity (Wildman–Crippen MR) is 130 cm³/mol. The smallest absolute Gasteiger partial charge is 0.428 e. The number of sulfonamides is 1. The average Bonchev–Trinajstić information content (AvgIpc) is 3.16. The maximum atomic E-state index is 12.8. The number of hydrogen-bond donors (Lipinski definition) is 1. The number of hydrogen-bond acceptors (Lipinski definition) is 6. The number of thiazole rings is 1. The van der Waals surface area contributed by atoms with Crippen molar-refractivity contribution in [2.45, 2.75) is 17.4 Å². The van der Waals surface area contributed by atoms with Gasteiger partial charge >= 0.3 is 12.5 Å². The molecule has 6 nitrogen and oxygen atoms in total. The first-order chi connectivity index (χ1) is 17.5. The predicted octanol–water partition coefficient (Wildman–Crippen LogP) is 8.77. The summed E-state index contributed by atoms with van der Waals surface area (Å²) in [6.07, 6.45) is -9.60. The van der Waals surface area contributed by atoms with Crippen molar-refractivity contribution in [3.63, 3.8) is 0 Å². The first-order valence-electron chi connectivity index (χ1n) is 9.75. The van der Waals surface area contributed by atoms with E-state index in [9.17, 15) is 34.8 Å². The van der Waals surface area contributed by atoms with E-state index in [0.29, 0.717) is 28.4 Å². The molecule has 3 aromatic carbocycles. The van der Waals surface area contributed by atoms with E-state index in [4.69, 9.17) is 39.5 Å². The molecule has 0 atom stereocenters. The van der Waals surface area contributed by atoms with Crippen LogP contribution in [-0.2, 0) is 16.2 Å². The molecule has 1 heterocycles. The number of nitrogens with zero attached hydrogens (tertiary/aromatic N) is 1. The lowest BCUT2D eigenvalue weighted by molar-refractivity contribution is -0.274. The Bertz CT molecular complexity index is 1620. The van der Waals surface area contributed by atoms with Crippen LogP contribution in [0.5, 0.6) is 16.7 Å². The van der Waals surface area contributed by atoms with Crippen LogP contribution in [0, 0.1) is 0 Å². The van der Waals surface area contributed by atoms with E-state index < -0.39 is 43.8 Å². The van der Waals surface area contributed by atoms with Gasteiger partial charge in [0.15, 0.2) is 5.75 Å². The van der Waals surface area contributed by atoms with Crippen molar-refractivity contribution in [3.8, 4) is 16.7 Å². The molecule has 0 fully saturated rings. The summed E-state index contributed by atoms with van der Waals surface area (Å²) < 4.78 is 113. The Morgan fingerprint density at radius 1 is 0.868 bits per heavy atom. The van der Waals surface area contributed by atoms with Crippen LogP contribution >= 0.6 is 46.1 Å². The summed E-state index contributed by atoms with van der Waals surface area (Å²) in [5.74, 6) is -0.601. The Labute approximate surface area is 228 Å². The molecule has 1 N–H and O–H groups in total. The Hall–Kier alpha value is -2.65. The minimum atomic E-state index is -4.88. The highest BCUT2D eigenvalue weighted by Gasteiger charge is 2.33. The molecule has 0 unspecified atom stereocenters. The van der Waals surface area contributed by atoms with Gasteiger partial charge in [-0.1, -0.05) is 46.1 Å². The topological polar surface area (TPSA) is 77.5 Å². The van der Waals surface area contributed by atoms with Gasteiger partial charge in [0.1, 0.15) is 10.6 Å². The van der Waals surface area contributed by atoms with E-state index in [1.54, 1.807) is 0 Å². The van der Waals surface area contributed by atoms with Gasteiger partial charge in [-0.25, -0.2) is 13.4 Å². The molecule has 4 aromatic rings. The second-order valence-corrected chi connectivity index (χ2v) is 11.1. The van der Waals surface area contributed by atoms with Crippen LogP contribution in [0.3, 0.4) is 0 Å². The largest absolute Gasteiger partial charge is 0.573 e. The molecule has 0 bridgehead atoms. The molecule has 4 rings (SSSR count). The number of alkyl halides is 6. The minimum absolute atomic E-state index is 0.0437. The number of halogens is 9. The summed E-state index contributed by atoms with van der Waals surface area (Å²) in [6, 6.07) is 7.43. The maximum absolute atomic E-state index is 12.8. The molecule has 17 heteroatoms. The number of aromatic nitrogens is 1. The van der Waals surface area contributed by atoms with Crippen molar-refractivity contribution in [2.24, 2.45) is 0 Å². The SMILES string of the molecule is O=S(=O)(Nc1cc(Cl)c(Oc2nc3ccc(OC(F)(F)F)cc3s2)c(Cl)c1)c1ccc(C(F)(F)F)cc1Cl. The molecule has 0 saturated heterocycles. The zero-order valence-electron chi connectivity index (χ0n) is 17.9. The van der Waals surface area contributed by atoms with Gasteiger partial charge in [0.25, 0.3) is 15.2 Å². The van der Waals surface area contributed by atoms with E-state index in [0.717, 1.165) is 35.6 Å². The Balaban J connectivity index is 1.56. The van der Waals surface area contributed by atoms with E-state index in [1.165, 1.54) is 6.07 Å². The lowest BCUT2D eigenvalue weighted by Crippen LogP contribution is -2.16.